The van der Waals surface area contributed by atoms with E-state index in [4.69, 9.17) is 5.73 Å². The molecular weight excluding hydrogens is 366 g/mol. The van der Waals surface area contributed by atoms with Crippen LogP contribution >= 0.6 is 0 Å². The highest BCUT2D eigenvalue weighted by Gasteiger charge is 2.10. The second kappa shape index (κ2) is 10.0. The number of anilines is 1. The predicted molar refractivity (Wildman–Crippen MR) is 112 cm³/mol. The van der Waals surface area contributed by atoms with Gasteiger partial charge >= 0.3 is 6.03 Å². The summed E-state index contributed by atoms with van der Waals surface area (Å²) in [5, 5.41) is 8.35. The van der Waals surface area contributed by atoms with Crippen molar-refractivity contribution in [3.63, 3.8) is 0 Å². The molecule has 1 atom stereocenters. The van der Waals surface area contributed by atoms with Crippen LogP contribution in [0, 0.1) is 0 Å². The molecule has 0 spiro atoms. The number of carbonyl (C=O) groups excluding carboxylic acids is 2. The van der Waals surface area contributed by atoms with Crippen LogP contribution in [0.25, 0.3) is 0 Å². The minimum Gasteiger partial charge on any atom is -0.336 e. The van der Waals surface area contributed by atoms with E-state index in [1.165, 1.54) is 0 Å². The third kappa shape index (κ3) is 6.15. The second-order valence-corrected chi connectivity index (χ2v) is 6.47. The minimum atomic E-state index is -0.380. The molecule has 148 valence electrons. The topological polar surface area (TPSA) is 109 Å². The summed E-state index contributed by atoms with van der Waals surface area (Å²) in [7, 11) is 0. The van der Waals surface area contributed by atoms with Crippen molar-refractivity contribution < 1.29 is 9.59 Å². The van der Waals surface area contributed by atoms with Crippen LogP contribution in [-0.2, 0) is 6.54 Å². The molecule has 3 aromatic rings. The molecule has 0 aliphatic carbocycles. The summed E-state index contributed by atoms with van der Waals surface area (Å²) in [5.74, 6) is -0.213. The van der Waals surface area contributed by atoms with Gasteiger partial charge in [0.25, 0.3) is 5.91 Å². The Kier molecular flexibility index (Phi) is 6.91. The van der Waals surface area contributed by atoms with Gasteiger partial charge in [-0.25, -0.2) is 4.79 Å². The molecule has 5 N–H and O–H groups in total. The summed E-state index contributed by atoms with van der Waals surface area (Å²) in [4.78, 5) is 28.1. The summed E-state index contributed by atoms with van der Waals surface area (Å²) >= 11 is 0. The van der Waals surface area contributed by atoms with Crippen molar-refractivity contribution in [2.75, 3.05) is 11.9 Å². The van der Waals surface area contributed by atoms with Crippen LogP contribution in [-0.4, -0.2) is 23.5 Å². The minimum absolute atomic E-state index is 0.213. The number of benzene rings is 2. The molecule has 1 aromatic heterocycles. The Morgan fingerprint density at radius 2 is 1.59 bits per heavy atom. The Hall–Kier alpha value is -3.71. The van der Waals surface area contributed by atoms with Gasteiger partial charge in [-0.05, 0) is 35.4 Å². The molecule has 0 saturated heterocycles. The number of rotatable bonds is 7. The highest BCUT2D eigenvalue weighted by Crippen LogP contribution is 2.13. The molecule has 7 nitrogen and oxygen atoms in total. The molecule has 7 heteroatoms. The number of urea groups is 1. The van der Waals surface area contributed by atoms with Crippen molar-refractivity contribution >= 4 is 17.6 Å². The summed E-state index contributed by atoms with van der Waals surface area (Å²) in [6.07, 6.45) is 3.22. The number of hydrogen-bond donors (Lipinski definition) is 4. The molecule has 1 unspecified atom stereocenters. The lowest BCUT2D eigenvalue weighted by molar-refractivity contribution is 0.102. The van der Waals surface area contributed by atoms with E-state index in [1.807, 2.05) is 30.3 Å². The molecule has 29 heavy (non-hydrogen) atoms. The fourth-order valence-corrected chi connectivity index (χ4v) is 2.68. The molecule has 1 heterocycles. The van der Waals surface area contributed by atoms with Gasteiger partial charge in [0.15, 0.2) is 0 Å². The van der Waals surface area contributed by atoms with Crippen LogP contribution in [0.15, 0.2) is 79.1 Å². The van der Waals surface area contributed by atoms with Gasteiger partial charge in [-0.2, -0.15) is 0 Å². The van der Waals surface area contributed by atoms with E-state index >= 15 is 0 Å². The zero-order valence-electron chi connectivity index (χ0n) is 15.8. The highest BCUT2D eigenvalue weighted by atomic mass is 16.2. The van der Waals surface area contributed by atoms with Gasteiger partial charge in [0.2, 0.25) is 0 Å². The number of nitrogens with zero attached hydrogens (tertiary/aromatic N) is 1. The maximum Gasteiger partial charge on any atom is 0.315 e. The largest absolute Gasteiger partial charge is 0.336 e. The third-order valence-corrected chi connectivity index (χ3v) is 4.32. The number of amides is 3. The Labute approximate surface area is 169 Å². The molecular formula is C22H23N5O2. The summed E-state index contributed by atoms with van der Waals surface area (Å²) in [6.45, 7) is 0.729. The normalized spacial score (nSPS) is 11.3. The zero-order valence-corrected chi connectivity index (χ0v) is 15.8. The quantitative estimate of drug-likeness (QED) is 0.498. The van der Waals surface area contributed by atoms with Gasteiger partial charge in [-0.1, -0.05) is 42.5 Å². The molecule has 0 saturated carbocycles. The number of nitrogens with one attached hydrogen (secondary N) is 3. The molecule has 0 radical (unpaired) electrons. The second-order valence-electron chi connectivity index (χ2n) is 6.47. The van der Waals surface area contributed by atoms with E-state index in [-0.39, 0.29) is 24.5 Å². The van der Waals surface area contributed by atoms with Crippen LogP contribution in [0.1, 0.15) is 27.5 Å². The molecule has 3 amide bonds. The van der Waals surface area contributed by atoms with Gasteiger partial charge in [0.05, 0.1) is 0 Å². The Morgan fingerprint density at radius 1 is 0.897 bits per heavy atom. The third-order valence-electron chi connectivity index (χ3n) is 4.32. The molecule has 0 aliphatic heterocycles. The maximum atomic E-state index is 12.3. The first-order valence-corrected chi connectivity index (χ1v) is 9.24. The van der Waals surface area contributed by atoms with E-state index in [1.54, 1.807) is 48.8 Å². The summed E-state index contributed by atoms with van der Waals surface area (Å²) in [5.41, 5.74) is 9.20. The van der Waals surface area contributed by atoms with Crippen LogP contribution < -0.4 is 21.7 Å². The van der Waals surface area contributed by atoms with Gasteiger partial charge in [-0.3, -0.25) is 9.78 Å². The fourth-order valence-electron chi connectivity index (χ4n) is 2.68. The summed E-state index contributed by atoms with van der Waals surface area (Å²) < 4.78 is 0. The first-order chi connectivity index (χ1) is 14.1. The maximum absolute atomic E-state index is 12.3. The molecule has 0 bridgehead atoms. The lowest BCUT2D eigenvalue weighted by atomic mass is 10.1. The van der Waals surface area contributed by atoms with Crippen molar-refractivity contribution in [2.24, 2.45) is 5.73 Å². The molecule has 3 rings (SSSR count). The lowest BCUT2D eigenvalue weighted by Gasteiger charge is -2.14. The van der Waals surface area contributed by atoms with Gasteiger partial charge in [-0.15, -0.1) is 0 Å². The number of aromatic nitrogens is 1. The monoisotopic (exact) mass is 389 g/mol. The van der Waals surface area contributed by atoms with E-state index in [0.717, 1.165) is 11.1 Å². The predicted octanol–water partition coefficient (Wildman–Crippen LogP) is 2.83. The number of pyridine rings is 1. The van der Waals surface area contributed by atoms with Gasteiger partial charge < -0.3 is 21.7 Å². The van der Waals surface area contributed by atoms with Crippen LogP contribution in [0.3, 0.4) is 0 Å². The van der Waals surface area contributed by atoms with Crippen molar-refractivity contribution in [2.45, 2.75) is 12.6 Å². The standard InChI is InChI=1S/C22H23N5O2/c23-20(15-26-22(29)25-14-16-4-2-1-3-5-16)17-6-8-18(9-7-17)21(28)27-19-10-12-24-13-11-19/h1-13,20H,14-15,23H2,(H,24,27,28)(H2,25,26,29). The van der Waals surface area contributed by atoms with Crippen LogP contribution in [0.4, 0.5) is 10.5 Å². The fraction of sp³-hybridized carbons (Fsp3) is 0.136. The van der Waals surface area contributed by atoms with E-state index < -0.39 is 0 Å². The zero-order chi connectivity index (χ0) is 20.5. The Bertz CT molecular complexity index is 930. The molecule has 0 fully saturated rings. The Balaban J connectivity index is 1.46. The van der Waals surface area contributed by atoms with E-state index in [9.17, 15) is 9.59 Å². The van der Waals surface area contributed by atoms with Crippen molar-refractivity contribution in [3.05, 3.63) is 95.8 Å². The number of hydrogen-bond acceptors (Lipinski definition) is 4. The SMILES string of the molecule is NC(CNC(=O)NCc1ccccc1)c1ccc(C(=O)Nc2ccncc2)cc1. The van der Waals surface area contributed by atoms with Crippen molar-refractivity contribution in [1.82, 2.24) is 15.6 Å². The first-order valence-electron chi connectivity index (χ1n) is 9.24. The van der Waals surface area contributed by atoms with E-state index in [0.29, 0.717) is 17.8 Å². The van der Waals surface area contributed by atoms with Crippen molar-refractivity contribution in [1.29, 1.82) is 0 Å². The smallest absolute Gasteiger partial charge is 0.315 e. The average Bonchev–Trinajstić information content (AvgIpc) is 2.77. The first kappa shape index (κ1) is 20.0. The van der Waals surface area contributed by atoms with Crippen molar-refractivity contribution in [3.8, 4) is 0 Å². The lowest BCUT2D eigenvalue weighted by Crippen LogP contribution is -2.39. The number of nitrogens with two attached hydrogens (primary N) is 1. The summed E-state index contributed by atoms with van der Waals surface area (Å²) in [6, 6.07) is 19.4. The van der Waals surface area contributed by atoms with Crippen LogP contribution in [0.2, 0.25) is 0 Å². The number of carbonyl (C=O) groups is 2. The van der Waals surface area contributed by atoms with Gasteiger partial charge in [0.1, 0.15) is 0 Å². The highest BCUT2D eigenvalue weighted by molar-refractivity contribution is 6.04. The van der Waals surface area contributed by atoms with Crippen LogP contribution in [0.5, 0.6) is 0 Å². The molecule has 2 aromatic carbocycles. The van der Waals surface area contributed by atoms with E-state index in [2.05, 4.69) is 20.9 Å². The molecule has 0 aliphatic rings. The Morgan fingerprint density at radius 3 is 2.28 bits per heavy atom. The average molecular weight is 389 g/mol. The van der Waals surface area contributed by atoms with Gasteiger partial charge in [0, 0.05) is 42.8 Å².